The molecule has 202 valence electrons. The molecule has 2 aromatic rings. The van der Waals surface area contributed by atoms with Crippen molar-refractivity contribution in [3.63, 3.8) is 0 Å². The van der Waals surface area contributed by atoms with E-state index in [2.05, 4.69) is 11.8 Å². The van der Waals surface area contributed by atoms with Crippen LogP contribution in [0.25, 0.3) is 0 Å². The number of carbonyl (C=O) groups excluding carboxylic acids is 1. The lowest BCUT2D eigenvalue weighted by atomic mass is 9.94. The molecular formula is C26H35ClN4O5S. The molecule has 0 aliphatic carbocycles. The molecule has 2 aromatic carbocycles. The van der Waals surface area contributed by atoms with Crippen LogP contribution in [0, 0.1) is 0 Å². The highest BCUT2D eigenvalue weighted by Crippen LogP contribution is 2.36. The number of piperazine rings is 1. The number of rotatable bonds is 9. The van der Waals surface area contributed by atoms with Gasteiger partial charge in [-0.05, 0) is 67.8 Å². The molecule has 37 heavy (non-hydrogen) atoms. The van der Waals surface area contributed by atoms with E-state index in [1.807, 2.05) is 41.3 Å². The number of carbonyl (C=O) groups is 1. The van der Waals surface area contributed by atoms with Crippen LogP contribution in [0.1, 0.15) is 32.6 Å². The van der Waals surface area contributed by atoms with E-state index in [1.54, 1.807) is 17.6 Å². The minimum Gasteiger partial charge on any atom is -0.494 e. The maximum atomic E-state index is 13.8. The Balaban J connectivity index is 1.42. The van der Waals surface area contributed by atoms with Crippen molar-refractivity contribution in [1.29, 1.82) is 0 Å². The van der Waals surface area contributed by atoms with Crippen molar-refractivity contribution in [1.82, 2.24) is 9.79 Å². The standard InChI is InChI=1S/C26H35ClN4O5S/c1-2-3-20-36-24-10-8-23(9-11-24)30-16-18-31(19-17-30)37(34,35)26(25(32)28-33)12-14-29(15-13-26)22-6-4-21(27)5-7-22/h4-11,33H,2-3,12-20H2,1H3,(H,28,32). The molecule has 0 unspecified atom stereocenters. The van der Waals surface area contributed by atoms with Crippen molar-refractivity contribution in [3.8, 4) is 5.75 Å². The maximum Gasteiger partial charge on any atom is 0.266 e. The highest BCUT2D eigenvalue weighted by Gasteiger charge is 2.55. The largest absolute Gasteiger partial charge is 0.494 e. The number of unbranched alkanes of at least 4 members (excludes halogenated alkanes) is 1. The molecule has 2 aliphatic rings. The summed E-state index contributed by atoms with van der Waals surface area (Å²) in [4.78, 5) is 17.0. The number of anilines is 2. The van der Waals surface area contributed by atoms with E-state index in [-0.39, 0.29) is 25.9 Å². The number of ether oxygens (including phenoxy) is 1. The predicted octanol–water partition coefficient (Wildman–Crippen LogP) is 3.52. The Morgan fingerprint density at radius 1 is 0.946 bits per heavy atom. The average Bonchev–Trinajstić information content (AvgIpc) is 2.93. The number of hydrogen-bond donors (Lipinski definition) is 2. The molecule has 2 N–H and O–H groups in total. The van der Waals surface area contributed by atoms with Gasteiger partial charge < -0.3 is 14.5 Å². The number of nitrogens with zero attached hydrogens (tertiary/aromatic N) is 3. The molecule has 2 fully saturated rings. The van der Waals surface area contributed by atoms with Crippen LogP contribution in [0.15, 0.2) is 48.5 Å². The van der Waals surface area contributed by atoms with Gasteiger partial charge in [-0.3, -0.25) is 10.0 Å². The molecule has 11 heteroatoms. The molecule has 0 aromatic heterocycles. The number of hydrogen-bond acceptors (Lipinski definition) is 7. The van der Waals surface area contributed by atoms with Crippen LogP contribution in [0.5, 0.6) is 5.75 Å². The number of nitrogens with one attached hydrogen (secondary N) is 1. The molecule has 2 saturated heterocycles. The normalized spacial score (nSPS) is 18.5. The van der Waals surface area contributed by atoms with Gasteiger partial charge in [-0.25, -0.2) is 13.9 Å². The third-order valence-corrected chi connectivity index (χ3v) is 10.2. The topological polar surface area (TPSA) is 102 Å². The SMILES string of the molecule is CCCCOc1ccc(N2CCN(S(=O)(=O)C3(C(=O)NO)CCN(c4ccc(Cl)cc4)CC3)CC2)cc1. The number of hydroxylamine groups is 1. The summed E-state index contributed by atoms with van der Waals surface area (Å²) >= 11 is 5.99. The maximum absolute atomic E-state index is 13.8. The van der Waals surface area contributed by atoms with Crippen molar-refractivity contribution in [2.24, 2.45) is 0 Å². The molecule has 0 radical (unpaired) electrons. The summed E-state index contributed by atoms with van der Waals surface area (Å²) in [5.41, 5.74) is 3.55. The second-order valence-corrected chi connectivity index (χ2v) is 12.2. The zero-order chi connectivity index (χ0) is 26.5. The first-order chi connectivity index (χ1) is 17.8. The van der Waals surface area contributed by atoms with Crippen LogP contribution in [0.4, 0.5) is 11.4 Å². The summed E-state index contributed by atoms with van der Waals surface area (Å²) < 4.78 is 33.1. The highest BCUT2D eigenvalue weighted by molar-refractivity contribution is 7.91. The summed E-state index contributed by atoms with van der Waals surface area (Å²) in [5, 5.41) is 10.1. The molecule has 4 rings (SSSR count). The minimum atomic E-state index is -4.03. The fourth-order valence-electron chi connectivity index (χ4n) is 5.00. The number of amides is 1. The second kappa shape index (κ2) is 11.9. The molecule has 0 saturated carbocycles. The fraction of sp³-hybridized carbons (Fsp3) is 0.500. The number of sulfonamides is 1. The van der Waals surface area contributed by atoms with Crippen molar-refractivity contribution >= 4 is 38.9 Å². The smallest absolute Gasteiger partial charge is 0.266 e. The monoisotopic (exact) mass is 550 g/mol. The van der Waals surface area contributed by atoms with E-state index in [9.17, 15) is 18.4 Å². The Hall–Kier alpha value is -2.53. The Labute approximate surface area is 224 Å². The fourth-order valence-corrected chi connectivity index (χ4v) is 7.25. The van der Waals surface area contributed by atoms with E-state index in [1.165, 1.54) is 4.31 Å². The Morgan fingerprint density at radius 3 is 2.03 bits per heavy atom. The highest BCUT2D eigenvalue weighted by atomic mass is 35.5. The zero-order valence-electron chi connectivity index (χ0n) is 21.1. The van der Waals surface area contributed by atoms with Crippen molar-refractivity contribution in [2.45, 2.75) is 37.4 Å². The van der Waals surface area contributed by atoms with Gasteiger partial charge in [0, 0.05) is 55.7 Å². The third kappa shape index (κ3) is 5.82. The predicted molar refractivity (Wildman–Crippen MR) is 145 cm³/mol. The number of benzene rings is 2. The van der Waals surface area contributed by atoms with Gasteiger partial charge in [0.05, 0.1) is 6.61 Å². The van der Waals surface area contributed by atoms with Crippen LogP contribution in [0.3, 0.4) is 0 Å². The van der Waals surface area contributed by atoms with E-state index in [0.29, 0.717) is 37.8 Å². The van der Waals surface area contributed by atoms with Gasteiger partial charge in [-0.15, -0.1) is 0 Å². The van der Waals surface area contributed by atoms with Crippen LogP contribution in [0.2, 0.25) is 5.02 Å². The quantitative estimate of drug-likeness (QED) is 0.280. The van der Waals surface area contributed by atoms with Gasteiger partial charge in [0.25, 0.3) is 5.91 Å². The van der Waals surface area contributed by atoms with Crippen molar-refractivity contribution < 1.29 is 23.2 Å². The summed E-state index contributed by atoms with van der Waals surface area (Å²) in [7, 11) is -4.03. The summed E-state index contributed by atoms with van der Waals surface area (Å²) in [5.74, 6) is -0.0512. The van der Waals surface area contributed by atoms with Crippen LogP contribution >= 0.6 is 11.6 Å². The van der Waals surface area contributed by atoms with E-state index in [4.69, 9.17) is 16.3 Å². The first kappa shape index (κ1) is 27.5. The summed E-state index contributed by atoms with van der Waals surface area (Å²) in [6, 6.07) is 15.1. The van der Waals surface area contributed by atoms with Crippen molar-refractivity contribution in [3.05, 3.63) is 53.6 Å². The van der Waals surface area contributed by atoms with Crippen LogP contribution in [-0.2, 0) is 14.8 Å². The van der Waals surface area contributed by atoms with E-state index >= 15 is 0 Å². The van der Waals surface area contributed by atoms with Gasteiger partial charge in [0.1, 0.15) is 5.75 Å². The van der Waals surface area contributed by atoms with Gasteiger partial charge in [0.2, 0.25) is 10.0 Å². The lowest BCUT2D eigenvalue weighted by molar-refractivity contribution is -0.132. The molecule has 2 aliphatic heterocycles. The molecule has 1 amide bonds. The first-order valence-corrected chi connectivity index (χ1v) is 14.5. The van der Waals surface area contributed by atoms with Gasteiger partial charge in [0.15, 0.2) is 4.75 Å². The second-order valence-electron chi connectivity index (χ2n) is 9.49. The Bertz CT molecular complexity index is 1140. The Kier molecular flexibility index (Phi) is 8.84. The lowest BCUT2D eigenvalue weighted by Crippen LogP contribution is -2.63. The zero-order valence-corrected chi connectivity index (χ0v) is 22.7. The van der Waals surface area contributed by atoms with Crippen LogP contribution < -0.4 is 20.0 Å². The lowest BCUT2D eigenvalue weighted by Gasteiger charge is -2.44. The molecule has 0 bridgehead atoms. The molecule has 9 nitrogen and oxygen atoms in total. The Morgan fingerprint density at radius 2 is 1.49 bits per heavy atom. The van der Waals surface area contributed by atoms with Crippen molar-refractivity contribution in [2.75, 3.05) is 55.7 Å². The van der Waals surface area contributed by atoms with E-state index < -0.39 is 20.7 Å². The number of halogens is 1. The summed E-state index contributed by atoms with van der Waals surface area (Å²) in [6.45, 7) is 5.06. The van der Waals surface area contributed by atoms with E-state index in [0.717, 1.165) is 30.0 Å². The molecule has 0 spiro atoms. The molecule has 2 heterocycles. The van der Waals surface area contributed by atoms with Gasteiger partial charge in [-0.1, -0.05) is 24.9 Å². The van der Waals surface area contributed by atoms with Crippen LogP contribution in [-0.4, -0.2) is 74.5 Å². The third-order valence-electron chi connectivity index (χ3n) is 7.32. The average molecular weight is 551 g/mol. The first-order valence-electron chi connectivity index (χ1n) is 12.7. The minimum absolute atomic E-state index is 0.0735. The summed E-state index contributed by atoms with van der Waals surface area (Å²) in [6.07, 6.45) is 2.23. The number of piperidine rings is 1. The molecular weight excluding hydrogens is 516 g/mol. The van der Waals surface area contributed by atoms with Gasteiger partial charge >= 0.3 is 0 Å². The van der Waals surface area contributed by atoms with Gasteiger partial charge in [-0.2, -0.15) is 4.31 Å². The molecule has 0 atom stereocenters.